The van der Waals surface area contributed by atoms with Crippen LogP contribution >= 0.6 is 0 Å². The molecule has 0 unspecified atom stereocenters. The van der Waals surface area contributed by atoms with Gasteiger partial charge in [-0.05, 0) is 44.7 Å². The van der Waals surface area contributed by atoms with E-state index in [4.69, 9.17) is 9.15 Å². The van der Waals surface area contributed by atoms with Crippen LogP contribution in [-0.4, -0.2) is 41.9 Å². The Morgan fingerprint density at radius 3 is 2.58 bits per heavy atom. The van der Waals surface area contributed by atoms with Crippen LogP contribution in [0.15, 0.2) is 35.2 Å². The number of carbonyl (C=O) groups is 3. The number of methoxy groups -OCH3 is 1. The monoisotopic (exact) mass is 456 g/mol. The van der Waals surface area contributed by atoms with Crippen LogP contribution in [0, 0.1) is 5.92 Å². The molecule has 3 amide bonds. The van der Waals surface area contributed by atoms with Crippen LogP contribution in [0.5, 0.6) is 5.75 Å². The SMILES string of the molecule is COc1cc(NC(=O)C(=O)NC(C)(C)CNC(=O)CC2CCCCC2)ccc1-c1cnco1. The van der Waals surface area contributed by atoms with E-state index in [9.17, 15) is 14.4 Å². The van der Waals surface area contributed by atoms with Crippen LogP contribution in [0.4, 0.5) is 5.69 Å². The summed E-state index contributed by atoms with van der Waals surface area (Å²) in [6.45, 7) is 3.75. The summed E-state index contributed by atoms with van der Waals surface area (Å²) in [7, 11) is 1.50. The van der Waals surface area contributed by atoms with Gasteiger partial charge in [0.15, 0.2) is 12.2 Å². The number of nitrogens with one attached hydrogen (secondary N) is 3. The Labute approximate surface area is 193 Å². The number of hydrogen-bond acceptors (Lipinski definition) is 6. The Morgan fingerprint density at radius 1 is 1.15 bits per heavy atom. The third-order valence-electron chi connectivity index (χ3n) is 5.74. The predicted octanol–water partition coefficient (Wildman–Crippen LogP) is 3.27. The number of aromatic nitrogens is 1. The molecule has 1 aromatic carbocycles. The van der Waals surface area contributed by atoms with Gasteiger partial charge in [0, 0.05) is 24.7 Å². The molecule has 9 nitrogen and oxygen atoms in total. The highest BCUT2D eigenvalue weighted by Crippen LogP contribution is 2.32. The van der Waals surface area contributed by atoms with Crippen LogP contribution < -0.4 is 20.7 Å². The van der Waals surface area contributed by atoms with E-state index in [0.29, 0.717) is 35.1 Å². The minimum Gasteiger partial charge on any atom is -0.496 e. The van der Waals surface area contributed by atoms with Crippen molar-refractivity contribution < 1.29 is 23.5 Å². The number of carbonyl (C=O) groups excluding carboxylic acids is 3. The van der Waals surface area contributed by atoms with E-state index < -0.39 is 17.4 Å². The molecule has 1 aromatic heterocycles. The van der Waals surface area contributed by atoms with Crippen LogP contribution in [0.3, 0.4) is 0 Å². The summed E-state index contributed by atoms with van der Waals surface area (Å²) in [6.07, 6.45) is 9.19. The average Bonchev–Trinajstić information content (AvgIpc) is 3.33. The fourth-order valence-corrected chi connectivity index (χ4v) is 3.96. The second kappa shape index (κ2) is 11.0. The summed E-state index contributed by atoms with van der Waals surface area (Å²) >= 11 is 0. The maximum atomic E-state index is 12.4. The van der Waals surface area contributed by atoms with E-state index in [2.05, 4.69) is 20.9 Å². The van der Waals surface area contributed by atoms with Crippen LogP contribution in [0.1, 0.15) is 52.4 Å². The normalized spacial score (nSPS) is 14.4. The summed E-state index contributed by atoms with van der Waals surface area (Å²) in [5, 5.41) is 8.13. The first-order chi connectivity index (χ1) is 15.8. The summed E-state index contributed by atoms with van der Waals surface area (Å²) < 4.78 is 10.6. The summed E-state index contributed by atoms with van der Waals surface area (Å²) in [6, 6.07) is 4.94. The van der Waals surface area contributed by atoms with E-state index in [1.165, 1.54) is 32.8 Å². The van der Waals surface area contributed by atoms with E-state index in [0.717, 1.165) is 12.8 Å². The molecule has 178 valence electrons. The molecule has 0 bridgehead atoms. The maximum Gasteiger partial charge on any atom is 0.313 e. The molecular weight excluding hydrogens is 424 g/mol. The van der Waals surface area contributed by atoms with Crippen LogP contribution in [0.2, 0.25) is 0 Å². The van der Waals surface area contributed by atoms with E-state index in [1.807, 2.05) is 0 Å². The molecule has 0 spiro atoms. The number of amides is 3. The smallest absolute Gasteiger partial charge is 0.313 e. The Balaban J connectivity index is 1.50. The number of ether oxygens (including phenoxy) is 1. The molecule has 2 aromatic rings. The molecule has 3 rings (SSSR count). The molecule has 0 aliphatic heterocycles. The van der Waals surface area contributed by atoms with E-state index in [1.54, 1.807) is 38.2 Å². The van der Waals surface area contributed by atoms with Crippen molar-refractivity contribution in [1.82, 2.24) is 15.6 Å². The Morgan fingerprint density at radius 2 is 1.91 bits per heavy atom. The van der Waals surface area contributed by atoms with Crippen molar-refractivity contribution in [3.05, 3.63) is 30.8 Å². The lowest BCUT2D eigenvalue weighted by Crippen LogP contribution is -2.54. The van der Waals surface area contributed by atoms with Gasteiger partial charge in [-0.2, -0.15) is 0 Å². The zero-order chi connectivity index (χ0) is 23.8. The number of nitrogens with zero attached hydrogens (tertiary/aromatic N) is 1. The highest BCUT2D eigenvalue weighted by Gasteiger charge is 2.26. The van der Waals surface area contributed by atoms with Gasteiger partial charge in [-0.1, -0.05) is 19.3 Å². The van der Waals surface area contributed by atoms with E-state index in [-0.39, 0.29) is 12.5 Å². The Hall–Kier alpha value is -3.36. The lowest BCUT2D eigenvalue weighted by atomic mass is 9.87. The lowest BCUT2D eigenvalue weighted by molar-refractivity contribution is -0.137. The number of oxazole rings is 1. The molecule has 1 aliphatic carbocycles. The fourth-order valence-electron chi connectivity index (χ4n) is 3.96. The predicted molar refractivity (Wildman–Crippen MR) is 124 cm³/mol. The molecule has 1 heterocycles. The number of benzene rings is 1. The molecule has 3 N–H and O–H groups in total. The van der Waals surface area contributed by atoms with Crippen molar-refractivity contribution in [2.45, 2.75) is 57.9 Å². The molecule has 33 heavy (non-hydrogen) atoms. The minimum atomic E-state index is -0.814. The van der Waals surface area contributed by atoms with Crippen molar-refractivity contribution in [3.8, 4) is 17.1 Å². The number of hydrogen-bond donors (Lipinski definition) is 3. The molecule has 9 heteroatoms. The first-order valence-electron chi connectivity index (χ1n) is 11.2. The third-order valence-corrected chi connectivity index (χ3v) is 5.74. The molecular formula is C24H32N4O5. The van der Waals surface area contributed by atoms with Gasteiger partial charge >= 0.3 is 11.8 Å². The Bertz CT molecular complexity index is 965. The van der Waals surface area contributed by atoms with Gasteiger partial charge < -0.3 is 25.1 Å². The average molecular weight is 457 g/mol. The lowest BCUT2D eigenvalue weighted by Gasteiger charge is -2.27. The quantitative estimate of drug-likeness (QED) is 0.524. The molecule has 0 radical (unpaired) electrons. The summed E-state index contributed by atoms with van der Waals surface area (Å²) in [4.78, 5) is 41.0. The first-order valence-corrected chi connectivity index (χ1v) is 11.2. The molecule has 0 saturated heterocycles. The number of anilines is 1. The maximum absolute atomic E-state index is 12.4. The standard InChI is InChI=1S/C24H32N4O5/c1-24(2,14-26-21(29)11-16-7-5-4-6-8-16)28-23(31)22(30)27-17-9-10-18(19(12-17)32-3)20-13-25-15-33-20/h9-10,12-13,15-16H,4-8,11,14H2,1-3H3,(H,26,29)(H,27,30)(H,28,31). The first kappa shape index (κ1) is 24.3. The largest absolute Gasteiger partial charge is 0.496 e. The molecule has 0 atom stereocenters. The fraction of sp³-hybridized carbons (Fsp3) is 0.500. The van der Waals surface area contributed by atoms with Crippen LogP contribution in [0.25, 0.3) is 11.3 Å². The van der Waals surface area contributed by atoms with Gasteiger partial charge in [0.1, 0.15) is 5.75 Å². The minimum absolute atomic E-state index is 0.0207. The highest BCUT2D eigenvalue weighted by atomic mass is 16.5. The van der Waals surface area contributed by atoms with Crippen LogP contribution in [-0.2, 0) is 14.4 Å². The van der Waals surface area contributed by atoms with Gasteiger partial charge in [-0.25, -0.2) is 4.98 Å². The van der Waals surface area contributed by atoms with Crippen molar-refractivity contribution in [2.75, 3.05) is 19.0 Å². The van der Waals surface area contributed by atoms with Crippen molar-refractivity contribution in [3.63, 3.8) is 0 Å². The Kier molecular flexibility index (Phi) is 8.08. The molecule has 1 fully saturated rings. The molecule has 1 saturated carbocycles. The molecule has 1 aliphatic rings. The van der Waals surface area contributed by atoms with E-state index >= 15 is 0 Å². The zero-order valence-corrected chi connectivity index (χ0v) is 19.4. The zero-order valence-electron chi connectivity index (χ0n) is 19.4. The topological polar surface area (TPSA) is 123 Å². The van der Waals surface area contributed by atoms with Crippen molar-refractivity contribution in [1.29, 1.82) is 0 Å². The van der Waals surface area contributed by atoms with Gasteiger partial charge in [0.05, 0.1) is 24.4 Å². The van der Waals surface area contributed by atoms with Gasteiger partial charge in [-0.15, -0.1) is 0 Å². The summed E-state index contributed by atoms with van der Waals surface area (Å²) in [5.74, 6) is -0.200. The van der Waals surface area contributed by atoms with Crippen molar-refractivity contribution >= 4 is 23.4 Å². The second-order valence-electron chi connectivity index (χ2n) is 9.06. The highest BCUT2D eigenvalue weighted by molar-refractivity contribution is 6.39. The third kappa shape index (κ3) is 7.06. The van der Waals surface area contributed by atoms with Gasteiger partial charge in [-0.3, -0.25) is 14.4 Å². The summed E-state index contributed by atoms with van der Waals surface area (Å²) in [5.41, 5.74) is 0.279. The van der Waals surface area contributed by atoms with Gasteiger partial charge in [0.25, 0.3) is 0 Å². The second-order valence-corrected chi connectivity index (χ2v) is 9.06. The van der Waals surface area contributed by atoms with Gasteiger partial charge in [0.2, 0.25) is 5.91 Å². The number of rotatable bonds is 8. The van der Waals surface area contributed by atoms with Crippen molar-refractivity contribution in [2.24, 2.45) is 5.92 Å².